The highest BCUT2D eigenvalue weighted by Crippen LogP contribution is 2.68. The summed E-state index contributed by atoms with van der Waals surface area (Å²) in [6.07, 6.45) is 1.24. The Bertz CT molecular complexity index is 728. The zero-order chi connectivity index (χ0) is 22.6. The van der Waals surface area contributed by atoms with E-state index in [9.17, 15) is 19.5 Å². The third-order valence-corrected chi connectivity index (χ3v) is 9.59. The van der Waals surface area contributed by atoms with Crippen LogP contribution in [0, 0.1) is 17.8 Å². The average Bonchev–Trinajstić information content (AvgIpc) is 3.21. The van der Waals surface area contributed by atoms with Gasteiger partial charge in [0.1, 0.15) is 6.04 Å². The van der Waals surface area contributed by atoms with Crippen LogP contribution in [0.15, 0.2) is 0 Å². The van der Waals surface area contributed by atoms with Crippen molar-refractivity contribution in [2.75, 3.05) is 13.7 Å². The molecule has 0 aromatic heterocycles. The maximum Gasteiger partial charge on any atom is 0.244 e. The summed E-state index contributed by atoms with van der Waals surface area (Å²) in [4.78, 5) is 41.9. The van der Waals surface area contributed by atoms with Crippen molar-refractivity contribution in [3.05, 3.63) is 0 Å². The number of alkyl halides is 1. The third kappa shape index (κ3) is 3.79. The molecule has 0 saturated carbocycles. The second-order valence-corrected chi connectivity index (χ2v) is 12.9. The fraction of sp³-hybridized carbons (Fsp3) is 0.857. The Hall–Kier alpha value is -0.800. The minimum Gasteiger partial charge on any atom is -0.394 e. The number of thioether (sulfide) groups is 1. The normalized spacial score (nSPS) is 36.2. The number of amides is 3. The molecule has 3 aliphatic rings. The molecule has 0 aromatic rings. The van der Waals surface area contributed by atoms with Gasteiger partial charge in [-0.05, 0) is 39.5 Å². The van der Waals surface area contributed by atoms with Crippen LogP contribution in [0.2, 0.25) is 0 Å². The SMILES string of the molecule is CNC(=O)[C@H]1[C@@H]2SC3(CC2Br)C(C(=O)NC(C)(C)C)N([C@@H](CO)CC(C)C)C(=O)[C@H]13. The Morgan fingerprint density at radius 1 is 1.33 bits per heavy atom. The lowest BCUT2D eigenvalue weighted by Gasteiger charge is -2.39. The molecule has 3 unspecified atom stereocenters. The molecule has 3 N–H and O–H groups in total. The van der Waals surface area contributed by atoms with E-state index in [4.69, 9.17) is 0 Å². The van der Waals surface area contributed by atoms with E-state index < -0.39 is 34.2 Å². The van der Waals surface area contributed by atoms with Crippen LogP contribution in [0.4, 0.5) is 0 Å². The van der Waals surface area contributed by atoms with Crippen molar-refractivity contribution in [3.8, 4) is 0 Å². The molecule has 3 amide bonds. The van der Waals surface area contributed by atoms with Gasteiger partial charge in [0.05, 0.1) is 29.2 Å². The number of hydrogen-bond donors (Lipinski definition) is 3. The van der Waals surface area contributed by atoms with Crippen molar-refractivity contribution in [1.82, 2.24) is 15.5 Å². The van der Waals surface area contributed by atoms with Gasteiger partial charge in [-0.2, -0.15) is 0 Å². The molecule has 7 nitrogen and oxygen atoms in total. The lowest BCUT2D eigenvalue weighted by atomic mass is 9.70. The second-order valence-electron chi connectivity index (χ2n) is 10.2. The Balaban J connectivity index is 2.10. The monoisotopic (exact) mass is 503 g/mol. The van der Waals surface area contributed by atoms with Crippen molar-refractivity contribution in [2.45, 2.75) is 79.9 Å². The molecule has 0 aromatic carbocycles. The largest absolute Gasteiger partial charge is 0.394 e. The summed E-state index contributed by atoms with van der Waals surface area (Å²) in [6.45, 7) is 9.61. The molecule has 1 spiro atoms. The van der Waals surface area contributed by atoms with Crippen molar-refractivity contribution in [2.24, 2.45) is 17.8 Å². The van der Waals surface area contributed by atoms with E-state index in [0.29, 0.717) is 12.8 Å². The molecular formula is C21H34BrN3O4S. The second kappa shape index (κ2) is 8.28. The standard InChI is InChI=1S/C21H34BrN3O4S/c1-10(2)7-11(9-26)25-16(18(28)24-20(3,4)5)21-8-12(22)15(30-21)13(17(27)23-6)14(21)19(25)29/h10-16,26H,7-9H2,1-6H3,(H,23,27)(H,24,28)/t11-,12?,13-,14+,15-,16?,21?/m1/s1. The van der Waals surface area contributed by atoms with E-state index in [1.54, 1.807) is 23.7 Å². The summed E-state index contributed by atoms with van der Waals surface area (Å²) in [5.74, 6) is -1.32. The van der Waals surface area contributed by atoms with Crippen molar-refractivity contribution < 1.29 is 19.5 Å². The number of carbonyl (C=O) groups is 3. The number of rotatable bonds is 6. The fourth-order valence-corrected chi connectivity index (χ4v) is 9.08. The highest BCUT2D eigenvalue weighted by molar-refractivity contribution is 9.09. The summed E-state index contributed by atoms with van der Waals surface area (Å²) in [5, 5.41) is 15.9. The van der Waals surface area contributed by atoms with Crippen LogP contribution in [0.5, 0.6) is 0 Å². The third-order valence-electron chi connectivity index (χ3n) is 6.37. The van der Waals surface area contributed by atoms with Gasteiger partial charge in [-0.25, -0.2) is 0 Å². The van der Waals surface area contributed by atoms with Gasteiger partial charge in [-0.1, -0.05) is 29.8 Å². The maximum absolute atomic E-state index is 13.8. The molecule has 7 atom stereocenters. The van der Waals surface area contributed by atoms with E-state index in [1.807, 2.05) is 34.6 Å². The number of nitrogens with one attached hydrogen (secondary N) is 2. The molecule has 0 aliphatic carbocycles. The predicted molar refractivity (Wildman–Crippen MR) is 121 cm³/mol. The number of halogens is 1. The first-order valence-electron chi connectivity index (χ1n) is 10.7. The molecule has 170 valence electrons. The first kappa shape index (κ1) is 23.9. The first-order chi connectivity index (χ1) is 13.9. The topological polar surface area (TPSA) is 98.7 Å². The van der Waals surface area contributed by atoms with Crippen molar-refractivity contribution in [3.63, 3.8) is 0 Å². The lowest BCUT2D eigenvalue weighted by molar-refractivity contribution is -0.143. The minimum atomic E-state index is -0.713. The van der Waals surface area contributed by atoms with Crippen molar-refractivity contribution in [1.29, 1.82) is 0 Å². The minimum absolute atomic E-state index is 0.0522. The number of aliphatic hydroxyl groups excluding tert-OH is 1. The van der Waals surface area contributed by atoms with Gasteiger partial charge in [0.25, 0.3) is 0 Å². The van der Waals surface area contributed by atoms with Crippen LogP contribution >= 0.6 is 27.7 Å². The van der Waals surface area contributed by atoms with Gasteiger partial charge in [0, 0.05) is 22.7 Å². The molecule has 30 heavy (non-hydrogen) atoms. The smallest absolute Gasteiger partial charge is 0.244 e. The van der Waals surface area contributed by atoms with Crippen LogP contribution in [-0.4, -0.2) is 73.8 Å². The molecule has 3 rings (SSSR count). The number of hydrogen-bond acceptors (Lipinski definition) is 5. The van der Waals surface area contributed by atoms with E-state index >= 15 is 0 Å². The van der Waals surface area contributed by atoms with Crippen LogP contribution in [0.1, 0.15) is 47.5 Å². The first-order valence-corrected chi connectivity index (χ1v) is 12.5. The van der Waals surface area contributed by atoms with Crippen LogP contribution in [0.25, 0.3) is 0 Å². The molecule has 0 radical (unpaired) electrons. The Kier molecular flexibility index (Phi) is 6.58. The molecule has 3 heterocycles. The number of nitrogens with zero attached hydrogens (tertiary/aromatic N) is 1. The van der Waals surface area contributed by atoms with Gasteiger partial charge >= 0.3 is 0 Å². The molecule has 9 heteroatoms. The predicted octanol–water partition coefficient (Wildman–Crippen LogP) is 1.52. The fourth-order valence-electron chi connectivity index (χ4n) is 5.48. The molecule has 3 saturated heterocycles. The summed E-state index contributed by atoms with van der Waals surface area (Å²) in [6, 6.07) is -1.17. The van der Waals surface area contributed by atoms with E-state index in [2.05, 4.69) is 26.6 Å². The summed E-state index contributed by atoms with van der Waals surface area (Å²) >= 11 is 5.34. The zero-order valence-corrected chi connectivity index (χ0v) is 21.0. The van der Waals surface area contributed by atoms with Gasteiger partial charge in [0.2, 0.25) is 17.7 Å². The Morgan fingerprint density at radius 3 is 2.47 bits per heavy atom. The molecule has 3 aliphatic heterocycles. The van der Waals surface area contributed by atoms with Crippen molar-refractivity contribution >= 4 is 45.4 Å². The van der Waals surface area contributed by atoms with Gasteiger partial charge in [-0.15, -0.1) is 11.8 Å². The van der Waals surface area contributed by atoms with E-state index in [-0.39, 0.29) is 40.3 Å². The molecule has 3 fully saturated rings. The molecular weight excluding hydrogens is 470 g/mol. The summed E-state index contributed by atoms with van der Waals surface area (Å²) in [5.41, 5.74) is -0.456. The number of fused-ring (bicyclic) bond motifs is 1. The lowest BCUT2D eigenvalue weighted by Crippen LogP contribution is -2.59. The molecule has 2 bridgehead atoms. The Morgan fingerprint density at radius 2 is 1.97 bits per heavy atom. The highest BCUT2D eigenvalue weighted by atomic mass is 79.9. The van der Waals surface area contributed by atoms with Gasteiger partial charge < -0.3 is 20.6 Å². The van der Waals surface area contributed by atoms with E-state index in [0.717, 1.165) is 0 Å². The quantitative estimate of drug-likeness (QED) is 0.477. The van der Waals surface area contributed by atoms with Gasteiger partial charge in [0.15, 0.2) is 0 Å². The average molecular weight is 504 g/mol. The summed E-state index contributed by atoms with van der Waals surface area (Å²) < 4.78 is -0.674. The zero-order valence-electron chi connectivity index (χ0n) is 18.6. The Labute approximate surface area is 191 Å². The van der Waals surface area contributed by atoms with E-state index in [1.165, 1.54) is 0 Å². The number of aliphatic hydroxyl groups is 1. The number of likely N-dealkylation sites (tertiary alicyclic amines) is 1. The maximum atomic E-state index is 13.8. The highest BCUT2D eigenvalue weighted by Gasteiger charge is 2.76. The summed E-state index contributed by atoms with van der Waals surface area (Å²) in [7, 11) is 1.59. The van der Waals surface area contributed by atoms with Gasteiger partial charge in [-0.3, -0.25) is 14.4 Å². The van der Waals surface area contributed by atoms with Crippen LogP contribution in [-0.2, 0) is 14.4 Å². The number of carbonyl (C=O) groups excluding carboxylic acids is 3. The van der Waals surface area contributed by atoms with Crippen LogP contribution in [0.3, 0.4) is 0 Å². The van der Waals surface area contributed by atoms with Crippen LogP contribution < -0.4 is 10.6 Å².